The molecule has 0 N–H and O–H groups in total. The number of benzene rings is 2. The quantitative estimate of drug-likeness (QED) is 0.618. The van der Waals surface area contributed by atoms with Gasteiger partial charge < -0.3 is 0 Å². The van der Waals surface area contributed by atoms with Gasteiger partial charge in [-0.15, -0.1) is 0 Å². The van der Waals surface area contributed by atoms with Crippen molar-refractivity contribution in [1.29, 1.82) is 0 Å². The lowest BCUT2D eigenvalue weighted by atomic mass is 9.89. The molecule has 110 valence electrons. The van der Waals surface area contributed by atoms with Crippen LogP contribution in [0.2, 0.25) is 0 Å². The average Bonchev–Trinajstić information content (AvgIpc) is 2.36. The predicted molar refractivity (Wildman–Crippen MR) is 80.8 cm³/mol. The molecule has 2 aromatic carbocycles. The lowest BCUT2D eigenvalue weighted by Gasteiger charge is -2.14. The van der Waals surface area contributed by atoms with E-state index in [0.717, 1.165) is 0 Å². The lowest BCUT2D eigenvalue weighted by molar-refractivity contribution is -0.386. The number of rotatable bonds is 3. The number of nitro groups is 2. The molecule has 0 amide bonds. The fourth-order valence-corrected chi connectivity index (χ4v) is 2.76. The number of nitro benzene ring substituents is 2. The Balaban J connectivity index is 3.14. The topological polar surface area (TPSA) is 86.3 Å². The molecule has 2 rings (SSSR count). The van der Waals surface area contributed by atoms with Crippen LogP contribution >= 0.6 is 0 Å². The Hall–Kier alpha value is -2.50. The molecule has 0 saturated carbocycles. The first-order valence-electron chi connectivity index (χ1n) is 6.61. The van der Waals surface area contributed by atoms with E-state index in [-0.39, 0.29) is 17.3 Å². The van der Waals surface area contributed by atoms with E-state index in [1.807, 2.05) is 13.8 Å². The van der Waals surface area contributed by atoms with Crippen molar-refractivity contribution in [2.75, 3.05) is 0 Å². The van der Waals surface area contributed by atoms with Gasteiger partial charge in [0.05, 0.1) is 15.2 Å². The third-order valence-electron chi connectivity index (χ3n) is 3.66. The second-order valence-electron chi connectivity index (χ2n) is 5.45. The Labute approximate surface area is 121 Å². The summed E-state index contributed by atoms with van der Waals surface area (Å²) in [5, 5.41) is 23.8. The van der Waals surface area contributed by atoms with Gasteiger partial charge in [-0.3, -0.25) is 20.2 Å². The van der Waals surface area contributed by atoms with Crippen LogP contribution in [-0.4, -0.2) is 9.85 Å². The van der Waals surface area contributed by atoms with Gasteiger partial charge in [0.25, 0.3) is 11.4 Å². The maximum absolute atomic E-state index is 11.4. The average molecular weight is 288 g/mol. The van der Waals surface area contributed by atoms with E-state index < -0.39 is 9.85 Å². The molecule has 0 radical (unpaired) electrons. The Kier molecular flexibility index (Phi) is 3.63. The van der Waals surface area contributed by atoms with Crippen LogP contribution in [0.1, 0.15) is 36.5 Å². The van der Waals surface area contributed by atoms with E-state index in [4.69, 9.17) is 0 Å². The zero-order valence-corrected chi connectivity index (χ0v) is 12.3. The zero-order valence-electron chi connectivity index (χ0n) is 12.3. The van der Waals surface area contributed by atoms with Crippen LogP contribution in [0.3, 0.4) is 0 Å². The largest absolute Gasteiger partial charge is 0.280 e. The second kappa shape index (κ2) is 5.12. The van der Waals surface area contributed by atoms with Crippen molar-refractivity contribution in [3.8, 4) is 0 Å². The van der Waals surface area contributed by atoms with Gasteiger partial charge in [-0.1, -0.05) is 26.0 Å². The summed E-state index contributed by atoms with van der Waals surface area (Å²) in [4.78, 5) is 21.8. The van der Waals surface area contributed by atoms with Gasteiger partial charge in [0.2, 0.25) is 0 Å². The molecule has 0 saturated heterocycles. The van der Waals surface area contributed by atoms with Crippen LogP contribution in [0.25, 0.3) is 10.8 Å². The minimum Gasteiger partial charge on any atom is -0.258 e. The number of nitrogens with zero attached hydrogens (tertiary/aromatic N) is 2. The van der Waals surface area contributed by atoms with Crippen molar-refractivity contribution in [2.24, 2.45) is 0 Å². The molecule has 0 heterocycles. The van der Waals surface area contributed by atoms with Gasteiger partial charge in [-0.05, 0) is 30.7 Å². The van der Waals surface area contributed by atoms with Crippen LogP contribution in [0.5, 0.6) is 0 Å². The van der Waals surface area contributed by atoms with Crippen molar-refractivity contribution in [2.45, 2.75) is 33.6 Å². The van der Waals surface area contributed by atoms with E-state index in [1.165, 1.54) is 6.07 Å². The molecule has 0 atom stereocenters. The fourth-order valence-electron chi connectivity index (χ4n) is 2.76. The SMILES string of the molecule is Cc1ccc2c(C)cc([N+](=O)[O-])c(C(C)C)c2c1[N+](=O)[O-]. The monoisotopic (exact) mass is 288 g/mol. The summed E-state index contributed by atoms with van der Waals surface area (Å²) < 4.78 is 0. The van der Waals surface area contributed by atoms with Gasteiger partial charge >= 0.3 is 0 Å². The highest BCUT2D eigenvalue weighted by Crippen LogP contribution is 2.41. The molecular formula is C15H16N2O4. The van der Waals surface area contributed by atoms with E-state index in [2.05, 4.69) is 0 Å². The first-order chi connectivity index (χ1) is 9.75. The molecule has 0 unspecified atom stereocenters. The number of hydrogen-bond donors (Lipinski definition) is 0. The van der Waals surface area contributed by atoms with E-state index in [9.17, 15) is 20.2 Å². The first-order valence-corrected chi connectivity index (χ1v) is 6.61. The third kappa shape index (κ3) is 2.33. The first kappa shape index (κ1) is 14.9. The lowest BCUT2D eigenvalue weighted by Crippen LogP contribution is -2.03. The molecule has 0 spiro atoms. The summed E-state index contributed by atoms with van der Waals surface area (Å²) in [6.45, 7) is 7.00. The summed E-state index contributed by atoms with van der Waals surface area (Å²) in [6, 6.07) is 4.97. The Morgan fingerprint density at radius 1 is 1.00 bits per heavy atom. The third-order valence-corrected chi connectivity index (χ3v) is 3.66. The summed E-state index contributed by atoms with van der Waals surface area (Å²) in [5.41, 5.74) is 1.51. The Morgan fingerprint density at radius 2 is 1.62 bits per heavy atom. The second-order valence-corrected chi connectivity index (χ2v) is 5.45. The molecule has 0 bridgehead atoms. The van der Waals surface area contributed by atoms with Crippen molar-refractivity contribution >= 4 is 22.1 Å². The molecule has 6 nitrogen and oxygen atoms in total. The van der Waals surface area contributed by atoms with Crippen molar-refractivity contribution < 1.29 is 9.85 Å². The van der Waals surface area contributed by atoms with Crippen LogP contribution in [0.15, 0.2) is 18.2 Å². The van der Waals surface area contributed by atoms with Gasteiger partial charge in [0.15, 0.2) is 0 Å². The minimum atomic E-state index is -0.464. The van der Waals surface area contributed by atoms with E-state index in [1.54, 1.807) is 26.0 Å². The van der Waals surface area contributed by atoms with Crippen molar-refractivity contribution in [3.05, 3.63) is 55.1 Å². The van der Waals surface area contributed by atoms with Crippen LogP contribution in [0, 0.1) is 34.1 Å². The number of aryl methyl sites for hydroxylation is 2. The molecule has 0 aromatic heterocycles. The van der Waals surface area contributed by atoms with Crippen LogP contribution in [0.4, 0.5) is 11.4 Å². The minimum absolute atomic E-state index is 0.0389. The summed E-state index contributed by atoms with van der Waals surface area (Å²) in [6.07, 6.45) is 0. The van der Waals surface area contributed by atoms with Gasteiger partial charge in [0.1, 0.15) is 0 Å². The normalized spacial score (nSPS) is 11.1. The number of fused-ring (bicyclic) bond motifs is 1. The van der Waals surface area contributed by atoms with Gasteiger partial charge in [0, 0.05) is 17.2 Å². The Bertz CT molecular complexity index is 766. The maximum atomic E-state index is 11.4. The van der Waals surface area contributed by atoms with Crippen molar-refractivity contribution in [3.63, 3.8) is 0 Å². The van der Waals surface area contributed by atoms with Crippen LogP contribution < -0.4 is 0 Å². The highest BCUT2D eigenvalue weighted by atomic mass is 16.6. The maximum Gasteiger partial charge on any atom is 0.280 e. The molecule has 0 aliphatic carbocycles. The van der Waals surface area contributed by atoms with E-state index in [0.29, 0.717) is 27.5 Å². The highest BCUT2D eigenvalue weighted by Gasteiger charge is 2.28. The number of hydrogen-bond acceptors (Lipinski definition) is 4. The van der Waals surface area contributed by atoms with Gasteiger partial charge in [-0.2, -0.15) is 0 Å². The summed E-state index contributed by atoms with van der Waals surface area (Å²) in [5.74, 6) is -0.186. The smallest absolute Gasteiger partial charge is 0.258 e. The zero-order chi connectivity index (χ0) is 15.9. The van der Waals surface area contributed by atoms with Gasteiger partial charge in [-0.25, -0.2) is 0 Å². The molecule has 0 fully saturated rings. The summed E-state index contributed by atoms with van der Waals surface area (Å²) in [7, 11) is 0. The molecule has 2 aromatic rings. The predicted octanol–water partition coefficient (Wildman–Crippen LogP) is 4.40. The fraction of sp³-hybridized carbons (Fsp3) is 0.333. The van der Waals surface area contributed by atoms with Crippen LogP contribution in [-0.2, 0) is 0 Å². The molecule has 0 aliphatic rings. The van der Waals surface area contributed by atoms with E-state index >= 15 is 0 Å². The molecule has 21 heavy (non-hydrogen) atoms. The molecular weight excluding hydrogens is 272 g/mol. The molecule has 6 heteroatoms. The summed E-state index contributed by atoms with van der Waals surface area (Å²) >= 11 is 0. The van der Waals surface area contributed by atoms with Crippen molar-refractivity contribution in [1.82, 2.24) is 0 Å². The highest BCUT2D eigenvalue weighted by molar-refractivity contribution is 5.99. The molecule has 0 aliphatic heterocycles. The Morgan fingerprint density at radius 3 is 2.10 bits per heavy atom. The standard InChI is InChI=1S/C15H16N2O4/c1-8(2)13-12(16(18)19)7-10(4)11-6-5-9(3)15(14(11)13)17(20)21/h5-8H,1-4H3.